The van der Waals surface area contributed by atoms with Crippen molar-refractivity contribution in [3.05, 3.63) is 65.5 Å². The van der Waals surface area contributed by atoms with Gasteiger partial charge in [-0.05, 0) is 24.1 Å². The molecule has 1 aromatic heterocycles. The minimum atomic E-state index is -0.233. The molecule has 0 aliphatic rings. The van der Waals surface area contributed by atoms with Crippen LogP contribution < -0.4 is 5.32 Å². The number of hydrogen-bond acceptors (Lipinski definition) is 2. The summed E-state index contributed by atoms with van der Waals surface area (Å²) in [6.07, 6.45) is 3.26. The van der Waals surface area contributed by atoms with E-state index in [0.29, 0.717) is 12.1 Å². The van der Waals surface area contributed by atoms with Crippen molar-refractivity contribution in [3.63, 3.8) is 0 Å². The van der Waals surface area contributed by atoms with Crippen LogP contribution >= 0.6 is 11.6 Å². The van der Waals surface area contributed by atoms with E-state index in [2.05, 4.69) is 10.3 Å². The maximum atomic E-state index is 11.9. The standard InChI is InChI=1S/C15H15ClN2O/c1-11-7-13(9-17-8-11)15(19)18-10-14(16)12-5-3-2-4-6-12/h2-9,14H,10H2,1H3,(H,18,19). The molecule has 1 aromatic carbocycles. The lowest BCUT2D eigenvalue weighted by Crippen LogP contribution is -2.27. The van der Waals surface area contributed by atoms with Gasteiger partial charge in [0.15, 0.2) is 0 Å². The molecule has 2 aromatic rings. The van der Waals surface area contributed by atoms with Gasteiger partial charge in [-0.2, -0.15) is 0 Å². The molecule has 1 unspecified atom stereocenters. The number of hydrogen-bond donors (Lipinski definition) is 1. The van der Waals surface area contributed by atoms with Gasteiger partial charge in [-0.3, -0.25) is 9.78 Å². The second-order valence-corrected chi connectivity index (χ2v) is 4.87. The van der Waals surface area contributed by atoms with Crippen LogP contribution in [0.25, 0.3) is 0 Å². The second kappa shape index (κ2) is 6.34. The third-order valence-corrected chi connectivity index (χ3v) is 3.15. The van der Waals surface area contributed by atoms with Crippen LogP contribution in [0.2, 0.25) is 0 Å². The molecular formula is C15H15ClN2O. The van der Waals surface area contributed by atoms with Gasteiger partial charge in [-0.15, -0.1) is 11.6 Å². The summed E-state index contributed by atoms with van der Waals surface area (Å²) < 4.78 is 0. The Labute approximate surface area is 117 Å². The number of aryl methyl sites for hydroxylation is 1. The third-order valence-electron chi connectivity index (χ3n) is 2.74. The van der Waals surface area contributed by atoms with E-state index in [1.807, 2.05) is 37.3 Å². The van der Waals surface area contributed by atoms with Gasteiger partial charge in [0.05, 0.1) is 10.9 Å². The van der Waals surface area contributed by atoms with Crippen LogP contribution in [0.5, 0.6) is 0 Å². The number of halogens is 1. The van der Waals surface area contributed by atoms with Gasteiger partial charge >= 0.3 is 0 Å². The quantitative estimate of drug-likeness (QED) is 0.871. The molecule has 0 aliphatic heterocycles. The molecule has 1 amide bonds. The van der Waals surface area contributed by atoms with Crippen LogP contribution in [-0.2, 0) is 0 Å². The lowest BCUT2D eigenvalue weighted by Gasteiger charge is -2.11. The molecule has 0 aliphatic carbocycles. The average molecular weight is 275 g/mol. The topological polar surface area (TPSA) is 42.0 Å². The van der Waals surface area contributed by atoms with Crippen molar-refractivity contribution >= 4 is 17.5 Å². The maximum Gasteiger partial charge on any atom is 0.252 e. The minimum Gasteiger partial charge on any atom is -0.350 e. The van der Waals surface area contributed by atoms with Crippen LogP contribution in [-0.4, -0.2) is 17.4 Å². The first-order valence-electron chi connectivity index (χ1n) is 6.05. The van der Waals surface area contributed by atoms with Crippen molar-refractivity contribution in [2.24, 2.45) is 0 Å². The fraction of sp³-hybridized carbons (Fsp3) is 0.200. The summed E-state index contributed by atoms with van der Waals surface area (Å²) in [4.78, 5) is 15.9. The highest BCUT2D eigenvalue weighted by Crippen LogP contribution is 2.18. The van der Waals surface area contributed by atoms with Gasteiger partial charge in [-0.1, -0.05) is 30.3 Å². The summed E-state index contributed by atoms with van der Waals surface area (Å²) in [5.74, 6) is -0.155. The van der Waals surface area contributed by atoms with E-state index in [0.717, 1.165) is 11.1 Å². The molecule has 98 valence electrons. The lowest BCUT2D eigenvalue weighted by atomic mass is 10.1. The van der Waals surface area contributed by atoms with Gasteiger partial charge in [0.2, 0.25) is 0 Å². The van der Waals surface area contributed by atoms with Crippen LogP contribution in [0.4, 0.5) is 0 Å². The smallest absolute Gasteiger partial charge is 0.252 e. The number of benzene rings is 1. The molecule has 0 spiro atoms. The summed E-state index contributed by atoms with van der Waals surface area (Å²) in [6.45, 7) is 2.29. The van der Waals surface area contributed by atoms with E-state index in [9.17, 15) is 4.79 Å². The summed E-state index contributed by atoms with van der Waals surface area (Å²) in [6, 6.07) is 11.5. The van der Waals surface area contributed by atoms with Gasteiger partial charge < -0.3 is 5.32 Å². The number of aromatic nitrogens is 1. The number of nitrogens with zero attached hydrogens (tertiary/aromatic N) is 1. The van der Waals surface area contributed by atoms with Crippen LogP contribution in [0.1, 0.15) is 26.9 Å². The highest BCUT2D eigenvalue weighted by Gasteiger charge is 2.11. The monoisotopic (exact) mass is 274 g/mol. The number of rotatable bonds is 4. The van der Waals surface area contributed by atoms with Crippen molar-refractivity contribution < 1.29 is 4.79 Å². The van der Waals surface area contributed by atoms with Crippen molar-refractivity contribution in [3.8, 4) is 0 Å². The normalized spacial score (nSPS) is 11.9. The maximum absolute atomic E-state index is 11.9. The number of carbonyl (C=O) groups is 1. The highest BCUT2D eigenvalue weighted by molar-refractivity contribution is 6.21. The van der Waals surface area contributed by atoms with Crippen LogP contribution in [0.15, 0.2) is 48.8 Å². The van der Waals surface area contributed by atoms with Crippen molar-refractivity contribution in [1.82, 2.24) is 10.3 Å². The molecule has 0 fully saturated rings. The second-order valence-electron chi connectivity index (χ2n) is 4.34. The molecular weight excluding hydrogens is 260 g/mol. The predicted octanol–water partition coefficient (Wildman–Crippen LogP) is 3.10. The number of carbonyl (C=O) groups excluding carboxylic acids is 1. The summed E-state index contributed by atoms with van der Waals surface area (Å²) >= 11 is 6.24. The summed E-state index contributed by atoms with van der Waals surface area (Å²) in [5.41, 5.74) is 2.50. The zero-order valence-corrected chi connectivity index (χ0v) is 11.4. The molecule has 19 heavy (non-hydrogen) atoms. The fourth-order valence-electron chi connectivity index (χ4n) is 1.74. The van der Waals surface area contributed by atoms with Gasteiger partial charge in [0, 0.05) is 18.9 Å². The Morgan fingerprint density at radius 2 is 2.05 bits per heavy atom. The number of amides is 1. The number of nitrogens with one attached hydrogen (secondary N) is 1. The summed E-state index contributed by atoms with van der Waals surface area (Å²) in [5, 5.41) is 2.58. The third kappa shape index (κ3) is 3.80. The molecule has 0 saturated carbocycles. The van der Waals surface area contributed by atoms with E-state index in [1.54, 1.807) is 18.5 Å². The van der Waals surface area contributed by atoms with Crippen molar-refractivity contribution in [1.29, 1.82) is 0 Å². The molecule has 0 bridgehead atoms. The SMILES string of the molecule is Cc1cncc(C(=O)NCC(Cl)c2ccccc2)c1. The van der Waals surface area contributed by atoms with Crippen molar-refractivity contribution in [2.75, 3.05) is 6.54 Å². The molecule has 1 atom stereocenters. The fourth-order valence-corrected chi connectivity index (χ4v) is 1.97. The highest BCUT2D eigenvalue weighted by atomic mass is 35.5. The number of alkyl halides is 1. The molecule has 3 nitrogen and oxygen atoms in total. The van der Waals surface area contributed by atoms with E-state index < -0.39 is 0 Å². The van der Waals surface area contributed by atoms with E-state index in [-0.39, 0.29) is 11.3 Å². The zero-order valence-electron chi connectivity index (χ0n) is 10.6. The first kappa shape index (κ1) is 13.6. The predicted molar refractivity (Wildman–Crippen MR) is 76.3 cm³/mol. The van der Waals surface area contributed by atoms with Gasteiger partial charge in [0.1, 0.15) is 0 Å². The van der Waals surface area contributed by atoms with E-state index >= 15 is 0 Å². The molecule has 1 N–H and O–H groups in total. The first-order valence-corrected chi connectivity index (χ1v) is 6.49. The largest absolute Gasteiger partial charge is 0.350 e. The Morgan fingerprint density at radius 3 is 2.74 bits per heavy atom. The summed E-state index contributed by atoms with van der Waals surface area (Å²) in [7, 11) is 0. The van der Waals surface area contributed by atoms with Crippen LogP contribution in [0, 0.1) is 6.92 Å². The molecule has 4 heteroatoms. The molecule has 0 radical (unpaired) electrons. The Morgan fingerprint density at radius 1 is 1.32 bits per heavy atom. The Kier molecular flexibility index (Phi) is 4.53. The zero-order chi connectivity index (χ0) is 13.7. The molecule has 0 saturated heterocycles. The first-order chi connectivity index (χ1) is 9.16. The Balaban J connectivity index is 1.94. The minimum absolute atomic E-state index is 0.155. The van der Waals surface area contributed by atoms with E-state index in [1.165, 1.54) is 0 Å². The number of pyridine rings is 1. The van der Waals surface area contributed by atoms with Gasteiger partial charge in [0.25, 0.3) is 5.91 Å². The van der Waals surface area contributed by atoms with Gasteiger partial charge in [-0.25, -0.2) is 0 Å². The average Bonchev–Trinajstić information content (AvgIpc) is 2.45. The Hall–Kier alpha value is -1.87. The Bertz CT molecular complexity index is 557. The van der Waals surface area contributed by atoms with Crippen LogP contribution in [0.3, 0.4) is 0 Å². The molecule has 2 rings (SSSR count). The lowest BCUT2D eigenvalue weighted by molar-refractivity contribution is 0.0953. The van der Waals surface area contributed by atoms with Crippen molar-refractivity contribution in [2.45, 2.75) is 12.3 Å². The molecule has 1 heterocycles. The van der Waals surface area contributed by atoms with E-state index in [4.69, 9.17) is 11.6 Å².